The van der Waals surface area contributed by atoms with Crippen LogP contribution in [0.3, 0.4) is 0 Å². The van der Waals surface area contributed by atoms with E-state index in [0.717, 1.165) is 38.1 Å². The Morgan fingerprint density at radius 3 is 2.75 bits per heavy atom. The third-order valence-corrected chi connectivity index (χ3v) is 5.51. The highest BCUT2D eigenvalue weighted by Gasteiger charge is 2.25. The van der Waals surface area contributed by atoms with Gasteiger partial charge < -0.3 is 24.6 Å². The Bertz CT molecular complexity index is 672. The average Bonchev–Trinajstić information content (AvgIpc) is 3.18. The van der Waals surface area contributed by atoms with E-state index >= 15 is 0 Å². The summed E-state index contributed by atoms with van der Waals surface area (Å²) >= 11 is 0. The van der Waals surface area contributed by atoms with Crippen LogP contribution in [0, 0.1) is 0 Å². The molecule has 1 aliphatic heterocycles. The number of benzene rings is 1. The molecule has 2 amide bonds. The lowest BCUT2D eigenvalue weighted by Gasteiger charge is -2.31. The van der Waals surface area contributed by atoms with Gasteiger partial charge in [0.25, 0.3) is 11.8 Å². The average molecular weight is 391 g/mol. The van der Waals surface area contributed by atoms with Gasteiger partial charge in [-0.1, -0.05) is 6.07 Å². The SMILES string of the molecule is COCCCNC(=O)C[NH+]1CCN(C(=O)COc2ccc3c(c2)CCC3)CC1. The normalized spacial score (nSPS) is 16.7. The Morgan fingerprint density at radius 2 is 1.96 bits per heavy atom. The van der Waals surface area contributed by atoms with Gasteiger partial charge in [-0.2, -0.15) is 0 Å². The van der Waals surface area contributed by atoms with Crippen LogP contribution in [0.2, 0.25) is 0 Å². The first-order valence-corrected chi connectivity index (χ1v) is 10.3. The van der Waals surface area contributed by atoms with E-state index in [1.165, 1.54) is 22.4 Å². The first-order chi connectivity index (χ1) is 13.7. The summed E-state index contributed by atoms with van der Waals surface area (Å²) in [6, 6.07) is 6.15. The van der Waals surface area contributed by atoms with E-state index in [0.29, 0.717) is 32.8 Å². The monoisotopic (exact) mass is 390 g/mol. The summed E-state index contributed by atoms with van der Waals surface area (Å²) in [5.41, 5.74) is 2.75. The van der Waals surface area contributed by atoms with Crippen molar-refractivity contribution in [1.82, 2.24) is 10.2 Å². The highest BCUT2D eigenvalue weighted by molar-refractivity contribution is 5.78. The lowest BCUT2D eigenvalue weighted by atomic mass is 10.1. The molecule has 1 aromatic rings. The minimum atomic E-state index is 0.0172. The second-order valence-electron chi connectivity index (χ2n) is 7.58. The number of hydrogen-bond donors (Lipinski definition) is 2. The topological polar surface area (TPSA) is 72.3 Å². The maximum Gasteiger partial charge on any atom is 0.275 e. The van der Waals surface area contributed by atoms with Gasteiger partial charge in [0, 0.05) is 20.3 Å². The standard InChI is InChI=1S/C21H31N3O4/c1-27-13-3-8-22-20(25)15-23-9-11-24(12-10-23)21(26)16-28-19-7-6-17-4-2-5-18(17)14-19/h6-7,14H,2-5,8-13,15-16H2,1H3,(H,22,25)/p+1. The van der Waals surface area contributed by atoms with Crippen LogP contribution in [0.25, 0.3) is 0 Å². The molecular formula is C21H32N3O4+. The predicted molar refractivity (Wildman–Crippen MR) is 106 cm³/mol. The second kappa shape index (κ2) is 10.4. The molecule has 0 unspecified atom stereocenters. The quantitative estimate of drug-likeness (QED) is 0.554. The van der Waals surface area contributed by atoms with Crippen molar-refractivity contribution in [3.8, 4) is 5.75 Å². The summed E-state index contributed by atoms with van der Waals surface area (Å²) in [5.74, 6) is 0.859. The molecule has 1 aliphatic carbocycles. The van der Waals surface area contributed by atoms with Gasteiger partial charge >= 0.3 is 0 Å². The minimum Gasteiger partial charge on any atom is -0.484 e. The number of piperazine rings is 1. The molecule has 3 rings (SSSR count). The zero-order valence-electron chi connectivity index (χ0n) is 16.8. The third kappa shape index (κ3) is 5.94. The molecule has 1 aromatic carbocycles. The van der Waals surface area contributed by atoms with Gasteiger partial charge in [0.05, 0.1) is 26.2 Å². The van der Waals surface area contributed by atoms with Gasteiger partial charge in [0.1, 0.15) is 5.75 Å². The molecule has 7 heteroatoms. The number of quaternary nitrogens is 1. The summed E-state index contributed by atoms with van der Waals surface area (Å²) in [7, 11) is 1.66. The molecule has 2 N–H and O–H groups in total. The van der Waals surface area contributed by atoms with E-state index < -0.39 is 0 Å². The highest BCUT2D eigenvalue weighted by atomic mass is 16.5. The van der Waals surface area contributed by atoms with Crippen LogP contribution in [-0.4, -0.2) is 76.3 Å². The number of rotatable bonds is 9. The lowest BCUT2D eigenvalue weighted by Crippen LogP contribution is -3.15. The molecule has 0 bridgehead atoms. The van der Waals surface area contributed by atoms with Crippen molar-refractivity contribution in [2.24, 2.45) is 0 Å². The van der Waals surface area contributed by atoms with E-state index in [-0.39, 0.29) is 18.4 Å². The van der Waals surface area contributed by atoms with Crippen molar-refractivity contribution in [3.05, 3.63) is 29.3 Å². The Labute approximate surface area is 167 Å². The summed E-state index contributed by atoms with van der Waals surface area (Å²) < 4.78 is 10.7. The Balaban J connectivity index is 1.34. The molecule has 1 saturated heterocycles. The molecule has 28 heavy (non-hydrogen) atoms. The number of fused-ring (bicyclic) bond motifs is 1. The van der Waals surface area contributed by atoms with Gasteiger partial charge in [-0.15, -0.1) is 0 Å². The first-order valence-electron chi connectivity index (χ1n) is 10.3. The lowest BCUT2D eigenvalue weighted by molar-refractivity contribution is -0.896. The van der Waals surface area contributed by atoms with Crippen molar-refractivity contribution < 1.29 is 24.0 Å². The zero-order chi connectivity index (χ0) is 19.8. The molecule has 2 aliphatic rings. The molecule has 1 heterocycles. The number of carbonyl (C=O) groups is 2. The fraction of sp³-hybridized carbons (Fsp3) is 0.619. The van der Waals surface area contributed by atoms with Crippen LogP contribution in [0.15, 0.2) is 18.2 Å². The van der Waals surface area contributed by atoms with E-state index in [9.17, 15) is 9.59 Å². The largest absolute Gasteiger partial charge is 0.484 e. The maximum atomic E-state index is 12.4. The maximum absolute atomic E-state index is 12.4. The number of hydrogen-bond acceptors (Lipinski definition) is 4. The zero-order valence-corrected chi connectivity index (χ0v) is 16.8. The fourth-order valence-electron chi connectivity index (χ4n) is 3.86. The number of nitrogens with zero attached hydrogens (tertiary/aromatic N) is 1. The number of amides is 2. The van der Waals surface area contributed by atoms with Crippen LogP contribution in [0.5, 0.6) is 5.75 Å². The molecule has 7 nitrogen and oxygen atoms in total. The molecule has 154 valence electrons. The smallest absolute Gasteiger partial charge is 0.275 e. The summed E-state index contributed by atoms with van der Waals surface area (Å²) in [6.07, 6.45) is 4.27. The van der Waals surface area contributed by atoms with Gasteiger partial charge in [-0.05, 0) is 48.9 Å². The second-order valence-corrected chi connectivity index (χ2v) is 7.58. The minimum absolute atomic E-state index is 0.0172. The predicted octanol–water partition coefficient (Wildman–Crippen LogP) is -0.566. The van der Waals surface area contributed by atoms with Crippen LogP contribution >= 0.6 is 0 Å². The third-order valence-electron chi connectivity index (χ3n) is 5.51. The summed E-state index contributed by atoms with van der Waals surface area (Å²) in [6.45, 7) is 4.74. The Morgan fingerprint density at radius 1 is 1.18 bits per heavy atom. The summed E-state index contributed by atoms with van der Waals surface area (Å²) in [4.78, 5) is 27.5. The number of carbonyl (C=O) groups excluding carboxylic acids is 2. The van der Waals surface area contributed by atoms with Crippen LogP contribution in [0.4, 0.5) is 0 Å². The molecule has 0 aromatic heterocycles. The van der Waals surface area contributed by atoms with E-state index in [1.54, 1.807) is 7.11 Å². The summed E-state index contributed by atoms with van der Waals surface area (Å²) in [5, 5.41) is 2.91. The van der Waals surface area contributed by atoms with E-state index in [1.807, 2.05) is 11.0 Å². The van der Waals surface area contributed by atoms with Crippen LogP contribution in [0.1, 0.15) is 24.0 Å². The van der Waals surface area contributed by atoms with Gasteiger partial charge in [-0.3, -0.25) is 9.59 Å². The fourth-order valence-corrected chi connectivity index (χ4v) is 3.86. The molecule has 0 saturated carbocycles. The molecular weight excluding hydrogens is 358 g/mol. The van der Waals surface area contributed by atoms with Gasteiger partial charge in [0.2, 0.25) is 0 Å². The highest BCUT2D eigenvalue weighted by Crippen LogP contribution is 2.25. The van der Waals surface area contributed by atoms with Crippen molar-refractivity contribution in [3.63, 3.8) is 0 Å². The van der Waals surface area contributed by atoms with Crippen LogP contribution < -0.4 is 15.0 Å². The molecule has 0 radical (unpaired) electrons. The van der Waals surface area contributed by atoms with Crippen LogP contribution in [-0.2, 0) is 27.2 Å². The van der Waals surface area contributed by atoms with E-state index in [4.69, 9.17) is 9.47 Å². The molecule has 0 atom stereocenters. The van der Waals surface area contributed by atoms with Crippen molar-refractivity contribution >= 4 is 11.8 Å². The Hall–Kier alpha value is -2.12. The number of aryl methyl sites for hydroxylation is 2. The van der Waals surface area contributed by atoms with Crippen molar-refractivity contribution in [2.75, 3.05) is 59.6 Å². The van der Waals surface area contributed by atoms with Gasteiger partial charge in [0.15, 0.2) is 13.2 Å². The number of methoxy groups -OCH3 is 1. The van der Waals surface area contributed by atoms with Crippen molar-refractivity contribution in [2.45, 2.75) is 25.7 Å². The van der Waals surface area contributed by atoms with Gasteiger partial charge in [-0.25, -0.2) is 0 Å². The number of nitrogens with one attached hydrogen (secondary N) is 2. The van der Waals surface area contributed by atoms with E-state index in [2.05, 4.69) is 17.4 Å². The number of ether oxygens (including phenoxy) is 2. The molecule has 1 fully saturated rings. The van der Waals surface area contributed by atoms with Crippen molar-refractivity contribution in [1.29, 1.82) is 0 Å². The molecule has 0 spiro atoms. The first kappa shape index (κ1) is 20.6. The Kier molecular flexibility index (Phi) is 7.68.